The van der Waals surface area contributed by atoms with E-state index in [4.69, 9.17) is 11.5 Å². The zero-order valence-electron chi connectivity index (χ0n) is 15.6. The molecule has 3 aliphatic rings. The van der Waals surface area contributed by atoms with Gasteiger partial charge in [0.25, 0.3) is 5.91 Å². The number of carbonyl (C=O) groups is 3. The fourth-order valence-corrected chi connectivity index (χ4v) is 5.56. The van der Waals surface area contributed by atoms with Crippen molar-refractivity contribution in [3.05, 3.63) is 49.0 Å². The standard InChI is InChI=1S/C20H19IN2O7/c21-10-3-7(5-22)9-2-6-1-8-4-11(24)14(19(23)29)18(28)20(8,30)17(27)12(6)16(26)13(9)15(10)25/h3,6,8,24-25,27,30H,1-2,4-5,22H2,(H2,23,29)/t6-,8+,20+/m1/s1. The first-order valence-electron chi connectivity index (χ1n) is 9.24. The summed E-state index contributed by atoms with van der Waals surface area (Å²) in [4.78, 5) is 37.8. The second-order valence-corrected chi connectivity index (χ2v) is 9.00. The van der Waals surface area contributed by atoms with E-state index in [0.717, 1.165) is 0 Å². The Morgan fingerprint density at radius 3 is 2.50 bits per heavy atom. The average Bonchev–Trinajstić information content (AvgIpc) is 2.67. The summed E-state index contributed by atoms with van der Waals surface area (Å²) in [6.07, 6.45) is 0.0994. The number of ketones is 2. The molecule has 0 bridgehead atoms. The maximum atomic E-state index is 13.3. The van der Waals surface area contributed by atoms with Crippen molar-refractivity contribution in [2.24, 2.45) is 23.3 Å². The molecule has 10 heteroatoms. The van der Waals surface area contributed by atoms with Crippen LogP contribution in [-0.2, 0) is 22.6 Å². The Kier molecular flexibility index (Phi) is 4.71. The highest BCUT2D eigenvalue weighted by atomic mass is 127. The van der Waals surface area contributed by atoms with E-state index in [1.54, 1.807) is 6.07 Å². The fraction of sp³-hybridized carbons (Fsp3) is 0.350. The predicted octanol–water partition coefficient (Wildman–Crippen LogP) is 0.644. The number of aromatic hydroxyl groups is 1. The molecule has 0 saturated carbocycles. The van der Waals surface area contributed by atoms with Crippen molar-refractivity contribution in [2.75, 3.05) is 0 Å². The zero-order valence-corrected chi connectivity index (χ0v) is 17.8. The Labute approximate surface area is 184 Å². The second kappa shape index (κ2) is 6.79. The SMILES string of the molecule is NCc1cc(I)c(O)c2c1C[C@H]1C[C@H]3CC(O)=C(C(N)=O)C(=O)[C@@]3(O)C(O)=C1C2=O. The first-order valence-corrected chi connectivity index (χ1v) is 10.3. The zero-order chi connectivity index (χ0) is 22.1. The Bertz CT molecular complexity index is 1110. The van der Waals surface area contributed by atoms with Crippen molar-refractivity contribution in [1.82, 2.24) is 0 Å². The van der Waals surface area contributed by atoms with Crippen molar-refractivity contribution in [3.8, 4) is 5.75 Å². The number of hydrogen-bond acceptors (Lipinski definition) is 8. The number of nitrogens with two attached hydrogens (primary N) is 2. The Morgan fingerprint density at radius 2 is 1.90 bits per heavy atom. The highest BCUT2D eigenvalue weighted by molar-refractivity contribution is 14.1. The number of allylic oxidation sites excluding steroid dienone is 2. The molecule has 1 aromatic carbocycles. The molecule has 0 heterocycles. The largest absolute Gasteiger partial charge is 0.511 e. The first kappa shape index (κ1) is 20.8. The van der Waals surface area contributed by atoms with Crippen molar-refractivity contribution in [1.29, 1.82) is 0 Å². The van der Waals surface area contributed by atoms with Crippen LogP contribution in [0.2, 0.25) is 0 Å². The normalized spacial score (nSPS) is 28.2. The van der Waals surface area contributed by atoms with Crippen LogP contribution in [0.15, 0.2) is 28.7 Å². The lowest BCUT2D eigenvalue weighted by atomic mass is 9.60. The van der Waals surface area contributed by atoms with Gasteiger partial charge in [0.05, 0.1) is 9.13 Å². The summed E-state index contributed by atoms with van der Waals surface area (Å²) in [5, 5.41) is 42.7. The number of aliphatic hydroxyl groups excluding tert-OH is 2. The van der Waals surface area contributed by atoms with Gasteiger partial charge in [0.2, 0.25) is 5.78 Å². The molecule has 3 aliphatic carbocycles. The molecule has 1 aromatic rings. The van der Waals surface area contributed by atoms with Crippen LogP contribution < -0.4 is 11.5 Å². The third kappa shape index (κ3) is 2.56. The van der Waals surface area contributed by atoms with E-state index in [1.165, 1.54) is 0 Å². The molecular weight excluding hydrogens is 507 g/mol. The van der Waals surface area contributed by atoms with E-state index < -0.39 is 52.0 Å². The number of rotatable bonds is 2. The molecule has 30 heavy (non-hydrogen) atoms. The molecule has 0 saturated heterocycles. The number of amides is 1. The van der Waals surface area contributed by atoms with E-state index in [2.05, 4.69) is 0 Å². The lowest BCUT2D eigenvalue weighted by molar-refractivity contribution is -0.144. The number of hydrogen-bond donors (Lipinski definition) is 6. The van der Waals surface area contributed by atoms with Crippen LogP contribution >= 0.6 is 22.6 Å². The molecular formula is C20H19IN2O7. The van der Waals surface area contributed by atoms with Gasteiger partial charge in [-0.3, -0.25) is 14.4 Å². The fourth-order valence-electron chi connectivity index (χ4n) is 4.91. The summed E-state index contributed by atoms with van der Waals surface area (Å²) in [7, 11) is 0. The van der Waals surface area contributed by atoms with E-state index in [0.29, 0.717) is 14.7 Å². The monoisotopic (exact) mass is 526 g/mol. The number of aliphatic hydroxyl groups is 3. The Hall–Kier alpha value is -2.44. The van der Waals surface area contributed by atoms with Gasteiger partial charge in [-0.2, -0.15) is 0 Å². The molecule has 8 N–H and O–H groups in total. The summed E-state index contributed by atoms with van der Waals surface area (Å²) in [6, 6.07) is 1.69. The highest BCUT2D eigenvalue weighted by Crippen LogP contribution is 2.51. The Balaban J connectivity index is 1.94. The number of primary amides is 1. The minimum atomic E-state index is -2.55. The average molecular weight is 526 g/mol. The lowest BCUT2D eigenvalue weighted by Crippen LogP contribution is -2.57. The number of Topliss-reactive ketones (excluding diaryl/α,β-unsaturated/α-hetero) is 2. The van der Waals surface area contributed by atoms with Crippen LogP contribution in [0.3, 0.4) is 0 Å². The van der Waals surface area contributed by atoms with Gasteiger partial charge in [-0.05, 0) is 58.5 Å². The number of benzene rings is 1. The molecule has 1 amide bonds. The van der Waals surface area contributed by atoms with E-state index in [-0.39, 0.29) is 42.7 Å². The van der Waals surface area contributed by atoms with Crippen LogP contribution in [0.1, 0.15) is 34.3 Å². The lowest BCUT2D eigenvalue weighted by Gasteiger charge is -2.45. The molecule has 3 atom stereocenters. The molecule has 0 unspecified atom stereocenters. The summed E-state index contributed by atoms with van der Waals surface area (Å²) in [5.41, 5.74) is 8.69. The number of phenolic OH excluding ortho intramolecular Hbond substituents is 1. The first-order chi connectivity index (χ1) is 14.0. The van der Waals surface area contributed by atoms with E-state index >= 15 is 0 Å². The summed E-state index contributed by atoms with van der Waals surface area (Å²) in [6.45, 7) is 0.140. The second-order valence-electron chi connectivity index (χ2n) is 7.83. The Morgan fingerprint density at radius 1 is 1.23 bits per heavy atom. The van der Waals surface area contributed by atoms with Crippen LogP contribution in [-0.4, -0.2) is 43.5 Å². The molecule has 9 nitrogen and oxygen atoms in total. The third-order valence-electron chi connectivity index (χ3n) is 6.33. The van der Waals surface area contributed by atoms with Crippen LogP contribution in [0.4, 0.5) is 0 Å². The van der Waals surface area contributed by atoms with Gasteiger partial charge in [-0.15, -0.1) is 0 Å². The van der Waals surface area contributed by atoms with Crippen LogP contribution in [0.5, 0.6) is 5.75 Å². The molecule has 0 fully saturated rings. The highest BCUT2D eigenvalue weighted by Gasteiger charge is 2.59. The van der Waals surface area contributed by atoms with Gasteiger partial charge in [-0.1, -0.05) is 0 Å². The number of halogens is 1. The van der Waals surface area contributed by atoms with Gasteiger partial charge < -0.3 is 31.9 Å². The van der Waals surface area contributed by atoms with Crippen molar-refractivity contribution < 1.29 is 34.8 Å². The molecule has 0 spiro atoms. The molecule has 0 radical (unpaired) electrons. The van der Waals surface area contributed by atoms with Crippen molar-refractivity contribution >= 4 is 40.1 Å². The van der Waals surface area contributed by atoms with Gasteiger partial charge >= 0.3 is 0 Å². The minimum absolute atomic E-state index is 0.0148. The number of carbonyl (C=O) groups excluding carboxylic acids is 3. The summed E-state index contributed by atoms with van der Waals surface area (Å²) in [5.74, 6) is -6.34. The maximum Gasteiger partial charge on any atom is 0.255 e. The topological polar surface area (TPSA) is 184 Å². The molecule has 0 aliphatic heterocycles. The van der Waals surface area contributed by atoms with Gasteiger partial charge in [0.15, 0.2) is 11.4 Å². The maximum absolute atomic E-state index is 13.3. The van der Waals surface area contributed by atoms with Gasteiger partial charge in [-0.25, -0.2) is 0 Å². The van der Waals surface area contributed by atoms with E-state index in [9.17, 15) is 34.8 Å². The molecule has 0 aromatic heterocycles. The van der Waals surface area contributed by atoms with Crippen molar-refractivity contribution in [3.63, 3.8) is 0 Å². The molecule has 158 valence electrons. The van der Waals surface area contributed by atoms with Crippen LogP contribution in [0, 0.1) is 15.4 Å². The number of fused-ring (bicyclic) bond motifs is 3. The summed E-state index contributed by atoms with van der Waals surface area (Å²) < 4.78 is 0.406. The van der Waals surface area contributed by atoms with Gasteiger partial charge in [0.1, 0.15) is 22.8 Å². The van der Waals surface area contributed by atoms with Gasteiger partial charge in [0, 0.05) is 24.5 Å². The van der Waals surface area contributed by atoms with E-state index in [1.807, 2.05) is 22.6 Å². The summed E-state index contributed by atoms with van der Waals surface area (Å²) >= 11 is 1.87. The smallest absolute Gasteiger partial charge is 0.255 e. The third-order valence-corrected chi connectivity index (χ3v) is 7.15. The van der Waals surface area contributed by atoms with Crippen molar-refractivity contribution in [2.45, 2.75) is 31.4 Å². The quantitative estimate of drug-likeness (QED) is 0.240. The minimum Gasteiger partial charge on any atom is -0.511 e. The molecule has 4 rings (SSSR count). The predicted molar refractivity (Wildman–Crippen MR) is 111 cm³/mol. The number of phenols is 1. The van der Waals surface area contributed by atoms with Crippen LogP contribution in [0.25, 0.3) is 0 Å².